The second-order valence-corrected chi connectivity index (χ2v) is 5.06. The molecule has 0 heterocycles. The zero-order valence-electron chi connectivity index (χ0n) is 8.17. The van der Waals surface area contributed by atoms with Gasteiger partial charge in [-0.25, -0.2) is 0 Å². The number of benzene rings is 2. The Bertz CT molecular complexity index is 722. The van der Waals surface area contributed by atoms with Gasteiger partial charge in [0.25, 0.3) is 0 Å². The van der Waals surface area contributed by atoms with Gasteiger partial charge in [0, 0.05) is 5.56 Å². The molecular weight excluding hydrogens is 224 g/mol. The summed E-state index contributed by atoms with van der Waals surface area (Å²) in [5.74, 6) is 0. The second-order valence-electron chi connectivity index (χ2n) is 3.71. The molecule has 0 spiro atoms. The molecule has 3 rings (SSSR count). The summed E-state index contributed by atoms with van der Waals surface area (Å²) in [7, 11) is -4.41. The maximum atomic E-state index is 11.1. The molecule has 16 heavy (non-hydrogen) atoms. The van der Waals surface area contributed by atoms with Gasteiger partial charge in [0.1, 0.15) is 4.91 Å². The third kappa shape index (κ3) is 1.20. The minimum atomic E-state index is -4.41. The van der Waals surface area contributed by atoms with Gasteiger partial charge in [-0.1, -0.05) is 41.0 Å². The van der Waals surface area contributed by atoms with Crippen molar-refractivity contribution in [2.75, 3.05) is 0 Å². The molecule has 2 aromatic rings. The third-order valence-corrected chi connectivity index (χ3v) is 3.63. The summed E-state index contributed by atoms with van der Waals surface area (Å²) in [5.41, 5.74) is 1.31. The maximum Gasteiger partial charge on any atom is 0.324 e. The zero-order chi connectivity index (χ0) is 11.3. The summed E-state index contributed by atoms with van der Waals surface area (Å²) in [4.78, 5) is -0.126. The van der Waals surface area contributed by atoms with Gasteiger partial charge < -0.3 is 0 Å². The topological polar surface area (TPSA) is 54.0 Å². The normalized spacial score (nSPS) is 14.2. The molecule has 0 bridgehead atoms. The smallest absolute Gasteiger partial charge is 0.192 e. The quantitative estimate of drug-likeness (QED) is 0.756. The van der Waals surface area contributed by atoms with E-state index in [9.17, 15) is 13.0 Å². The lowest BCUT2D eigenvalue weighted by Crippen LogP contribution is -1.96. The molecule has 1 aliphatic carbocycles. The summed E-state index contributed by atoms with van der Waals surface area (Å²) < 4.78 is 33.4. The molecule has 0 unspecified atom stereocenters. The lowest BCUT2D eigenvalue weighted by atomic mass is 10.0. The summed E-state index contributed by atoms with van der Waals surface area (Å²) in [6.07, 6.45) is 1.44. The van der Waals surface area contributed by atoms with E-state index in [4.69, 9.17) is 0 Å². The van der Waals surface area contributed by atoms with Crippen molar-refractivity contribution in [3.05, 3.63) is 47.5 Å². The number of hydrogen-bond donors (Lipinski definition) is 0. The van der Waals surface area contributed by atoms with Crippen molar-refractivity contribution >= 4 is 31.9 Å². The average molecular weight is 231 g/mol. The first-order valence-electron chi connectivity index (χ1n) is 4.77. The van der Waals surface area contributed by atoms with E-state index in [1.165, 1.54) is 6.08 Å². The lowest BCUT2D eigenvalue weighted by Gasteiger charge is -2.02. The zero-order valence-corrected chi connectivity index (χ0v) is 8.99. The van der Waals surface area contributed by atoms with Gasteiger partial charge in [-0.15, -0.1) is 0 Å². The van der Waals surface area contributed by atoms with Crippen LogP contribution in [0.3, 0.4) is 0 Å². The fraction of sp³-hybridized carbons (Fsp3) is 0. The Morgan fingerprint density at radius 2 is 1.62 bits per heavy atom. The molecule has 0 atom stereocenters. The molecule has 0 saturated heterocycles. The maximum absolute atomic E-state index is 11.1. The molecular formula is C12H7O3S. The van der Waals surface area contributed by atoms with Crippen molar-refractivity contribution in [3.8, 4) is 0 Å². The molecule has 0 aliphatic heterocycles. The van der Waals surface area contributed by atoms with Crippen LogP contribution in [-0.2, 0) is 14.7 Å². The molecule has 2 aromatic carbocycles. The van der Waals surface area contributed by atoms with Crippen molar-refractivity contribution < 1.29 is 13.0 Å². The second kappa shape index (κ2) is 2.93. The predicted octanol–water partition coefficient (Wildman–Crippen LogP) is 2.41. The van der Waals surface area contributed by atoms with Crippen LogP contribution in [-0.4, -0.2) is 8.42 Å². The van der Waals surface area contributed by atoms with Gasteiger partial charge in [-0.2, -0.15) is 8.42 Å². The molecule has 3 nitrogen and oxygen atoms in total. The predicted molar refractivity (Wildman–Crippen MR) is 61.4 cm³/mol. The number of hydrogen-bond acceptors (Lipinski definition) is 2. The highest BCUT2D eigenvalue weighted by molar-refractivity contribution is 7.95. The fourth-order valence-corrected chi connectivity index (χ4v) is 2.83. The van der Waals surface area contributed by atoms with Crippen molar-refractivity contribution in [2.24, 2.45) is 0 Å². The minimum Gasteiger partial charge on any atom is -0.192 e. The van der Waals surface area contributed by atoms with Gasteiger partial charge in [-0.3, -0.25) is 0 Å². The van der Waals surface area contributed by atoms with E-state index in [-0.39, 0.29) is 4.91 Å². The summed E-state index contributed by atoms with van der Waals surface area (Å²) in [5, 5.41) is 1.80. The van der Waals surface area contributed by atoms with Crippen molar-refractivity contribution in [3.63, 3.8) is 0 Å². The minimum absolute atomic E-state index is 0.126. The Labute approximate surface area is 92.8 Å². The SMILES string of the molecule is [O]S(=O)(=O)C1=Cc2cccc3cccc1c23. The Balaban J connectivity index is 2.47. The fourth-order valence-electron chi connectivity index (χ4n) is 2.12. The molecule has 0 N–H and O–H groups in total. The number of rotatable bonds is 1. The first kappa shape index (κ1) is 9.57. The van der Waals surface area contributed by atoms with E-state index in [1.54, 1.807) is 12.1 Å². The van der Waals surface area contributed by atoms with Crippen LogP contribution in [0.5, 0.6) is 0 Å². The largest absolute Gasteiger partial charge is 0.324 e. The lowest BCUT2D eigenvalue weighted by molar-refractivity contribution is 0.426. The van der Waals surface area contributed by atoms with Crippen molar-refractivity contribution in [2.45, 2.75) is 0 Å². The van der Waals surface area contributed by atoms with Gasteiger partial charge >= 0.3 is 10.1 Å². The van der Waals surface area contributed by atoms with Crippen LogP contribution in [0.25, 0.3) is 21.8 Å². The van der Waals surface area contributed by atoms with Crippen LogP contribution in [0.15, 0.2) is 36.4 Å². The highest BCUT2D eigenvalue weighted by Gasteiger charge is 2.25. The molecule has 0 amide bonds. The molecule has 1 radical (unpaired) electrons. The van der Waals surface area contributed by atoms with E-state index in [1.807, 2.05) is 24.3 Å². The Kier molecular flexibility index (Phi) is 1.75. The standard InChI is InChI=1S/C12H7O3S/c13-16(14,15)11-7-9-5-1-3-8-4-2-6-10(11)12(8)9/h1-7H. The first-order valence-corrected chi connectivity index (χ1v) is 6.18. The third-order valence-electron chi connectivity index (χ3n) is 2.76. The highest BCUT2D eigenvalue weighted by atomic mass is 32.2. The summed E-state index contributed by atoms with van der Waals surface area (Å²) >= 11 is 0. The van der Waals surface area contributed by atoms with E-state index < -0.39 is 10.1 Å². The van der Waals surface area contributed by atoms with E-state index in [0.29, 0.717) is 5.56 Å². The van der Waals surface area contributed by atoms with E-state index in [0.717, 1.165) is 16.3 Å². The molecule has 0 fully saturated rings. The van der Waals surface area contributed by atoms with Crippen LogP contribution in [0, 0.1) is 0 Å². The van der Waals surface area contributed by atoms with E-state index >= 15 is 0 Å². The van der Waals surface area contributed by atoms with Gasteiger partial charge in [0.2, 0.25) is 0 Å². The monoisotopic (exact) mass is 231 g/mol. The van der Waals surface area contributed by atoms with Crippen LogP contribution >= 0.6 is 0 Å². The molecule has 79 valence electrons. The van der Waals surface area contributed by atoms with Crippen LogP contribution in [0.4, 0.5) is 0 Å². The van der Waals surface area contributed by atoms with Crippen LogP contribution < -0.4 is 0 Å². The molecule has 0 aromatic heterocycles. The summed E-state index contributed by atoms with van der Waals surface area (Å²) in [6, 6.07) is 10.9. The van der Waals surface area contributed by atoms with Gasteiger partial charge in [-0.05, 0) is 22.4 Å². The molecule has 1 aliphatic rings. The Hall–Kier alpha value is -1.65. The van der Waals surface area contributed by atoms with Crippen LogP contribution in [0.2, 0.25) is 0 Å². The average Bonchev–Trinajstić information content (AvgIpc) is 2.60. The first-order chi connectivity index (χ1) is 7.57. The van der Waals surface area contributed by atoms with Crippen LogP contribution in [0.1, 0.15) is 11.1 Å². The van der Waals surface area contributed by atoms with Crippen molar-refractivity contribution in [1.82, 2.24) is 0 Å². The summed E-state index contributed by atoms with van der Waals surface area (Å²) in [6.45, 7) is 0. The van der Waals surface area contributed by atoms with E-state index in [2.05, 4.69) is 0 Å². The molecule has 4 heteroatoms. The van der Waals surface area contributed by atoms with Crippen molar-refractivity contribution in [1.29, 1.82) is 0 Å². The Morgan fingerprint density at radius 1 is 0.938 bits per heavy atom. The van der Waals surface area contributed by atoms with Gasteiger partial charge in [0.05, 0.1) is 0 Å². The molecule has 0 saturated carbocycles. The Morgan fingerprint density at radius 3 is 2.31 bits per heavy atom. The highest BCUT2D eigenvalue weighted by Crippen LogP contribution is 2.38. The van der Waals surface area contributed by atoms with Gasteiger partial charge in [0.15, 0.2) is 0 Å².